The third kappa shape index (κ3) is 4.18. The number of ether oxygens (including phenoxy) is 1. The van der Waals surface area contributed by atoms with Crippen molar-refractivity contribution in [2.75, 3.05) is 0 Å². The van der Waals surface area contributed by atoms with Crippen molar-refractivity contribution in [3.63, 3.8) is 0 Å². The van der Waals surface area contributed by atoms with Gasteiger partial charge in [0.15, 0.2) is 0 Å². The average molecular weight is 298 g/mol. The van der Waals surface area contributed by atoms with E-state index in [0.717, 1.165) is 11.1 Å². The maximum atomic E-state index is 12.0. The number of rotatable bonds is 5. The molecule has 0 saturated heterocycles. The zero-order valence-electron chi connectivity index (χ0n) is 10.6. The fraction of sp³-hybridized carbons (Fsp3) is 0.200. The Morgan fingerprint density at radius 2 is 1.60 bits per heavy atom. The van der Waals surface area contributed by atoms with E-state index in [2.05, 4.69) is 4.74 Å². The summed E-state index contributed by atoms with van der Waals surface area (Å²) in [5.41, 5.74) is 8.02. The summed E-state index contributed by atoms with van der Waals surface area (Å²) < 4.78 is 28.4. The van der Waals surface area contributed by atoms with Gasteiger partial charge in [-0.25, -0.2) is 0 Å². The predicted molar refractivity (Wildman–Crippen MR) is 75.2 cm³/mol. The quantitative estimate of drug-likeness (QED) is 0.898. The SMILES string of the molecule is NC(Cc1ccc(Cl)cc1)c1ccc(OC(F)F)cc1. The van der Waals surface area contributed by atoms with Gasteiger partial charge in [-0.2, -0.15) is 8.78 Å². The lowest BCUT2D eigenvalue weighted by molar-refractivity contribution is -0.0498. The monoisotopic (exact) mass is 297 g/mol. The van der Waals surface area contributed by atoms with Crippen LogP contribution in [-0.2, 0) is 6.42 Å². The van der Waals surface area contributed by atoms with Gasteiger partial charge in [0.1, 0.15) is 5.75 Å². The third-order valence-corrected chi connectivity index (χ3v) is 3.15. The molecule has 2 aromatic carbocycles. The molecule has 1 atom stereocenters. The minimum absolute atomic E-state index is 0.127. The number of halogens is 3. The summed E-state index contributed by atoms with van der Waals surface area (Å²) in [7, 11) is 0. The molecule has 0 fully saturated rings. The highest BCUT2D eigenvalue weighted by atomic mass is 35.5. The molecule has 2 rings (SSSR count). The van der Waals surface area contributed by atoms with Crippen LogP contribution in [0.15, 0.2) is 48.5 Å². The van der Waals surface area contributed by atoms with Gasteiger partial charge in [-0.1, -0.05) is 35.9 Å². The van der Waals surface area contributed by atoms with E-state index in [1.807, 2.05) is 24.3 Å². The largest absolute Gasteiger partial charge is 0.435 e. The molecule has 2 aromatic rings. The van der Waals surface area contributed by atoms with E-state index < -0.39 is 6.61 Å². The van der Waals surface area contributed by atoms with E-state index in [9.17, 15) is 8.78 Å². The van der Waals surface area contributed by atoms with Crippen molar-refractivity contribution in [1.82, 2.24) is 0 Å². The first-order valence-electron chi connectivity index (χ1n) is 6.09. The summed E-state index contributed by atoms with van der Waals surface area (Å²) in [5.74, 6) is 0.127. The van der Waals surface area contributed by atoms with Gasteiger partial charge in [-0.15, -0.1) is 0 Å². The van der Waals surface area contributed by atoms with Crippen molar-refractivity contribution >= 4 is 11.6 Å². The minimum atomic E-state index is -2.82. The Morgan fingerprint density at radius 3 is 2.15 bits per heavy atom. The number of benzene rings is 2. The van der Waals surface area contributed by atoms with Crippen LogP contribution in [0.1, 0.15) is 17.2 Å². The normalized spacial score (nSPS) is 12.4. The molecule has 5 heteroatoms. The van der Waals surface area contributed by atoms with Crippen LogP contribution in [0, 0.1) is 0 Å². The fourth-order valence-electron chi connectivity index (χ4n) is 1.89. The molecule has 0 amide bonds. The number of nitrogens with two attached hydrogens (primary N) is 1. The molecule has 0 aliphatic carbocycles. The third-order valence-electron chi connectivity index (χ3n) is 2.90. The van der Waals surface area contributed by atoms with Gasteiger partial charge in [-0.05, 0) is 41.8 Å². The highest BCUT2D eigenvalue weighted by Gasteiger charge is 2.09. The molecule has 0 radical (unpaired) electrons. The Balaban J connectivity index is 2.01. The number of alkyl halides is 2. The smallest absolute Gasteiger partial charge is 0.387 e. The topological polar surface area (TPSA) is 35.2 Å². The number of hydrogen-bond donors (Lipinski definition) is 1. The Labute approximate surface area is 121 Å². The van der Waals surface area contributed by atoms with Crippen molar-refractivity contribution in [1.29, 1.82) is 0 Å². The lowest BCUT2D eigenvalue weighted by Crippen LogP contribution is -2.13. The minimum Gasteiger partial charge on any atom is -0.435 e. The van der Waals surface area contributed by atoms with Gasteiger partial charge >= 0.3 is 6.61 Å². The standard InChI is InChI=1S/C15H14ClF2NO/c16-12-5-1-10(2-6-12)9-14(19)11-3-7-13(8-4-11)20-15(17)18/h1-8,14-15H,9,19H2. The number of hydrogen-bond acceptors (Lipinski definition) is 2. The van der Waals surface area contributed by atoms with Crippen LogP contribution in [0.2, 0.25) is 5.02 Å². The van der Waals surface area contributed by atoms with E-state index in [1.54, 1.807) is 12.1 Å². The lowest BCUT2D eigenvalue weighted by Gasteiger charge is -2.13. The van der Waals surface area contributed by atoms with Crippen LogP contribution < -0.4 is 10.5 Å². The van der Waals surface area contributed by atoms with Crippen molar-refractivity contribution in [3.8, 4) is 5.75 Å². The van der Waals surface area contributed by atoms with E-state index in [-0.39, 0.29) is 11.8 Å². The molecule has 0 bridgehead atoms. The molecule has 0 spiro atoms. The molecular formula is C15H14ClF2NO. The fourth-order valence-corrected chi connectivity index (χ4v) is 2.01. The summed E-state index contributed by atoms with van der Waals surface area (Å²) in [5, 5.41) is 0.677. The molecule has 106 valence electrons. The molecule has 20 heavy (non-hydrogen) atoms. The first-order valence-corrected chi connectivity index (χ1v) is 6.47. The maximum Gasteiger partial charge on any atom is 0.387 e. The first-order chi connectivity index (χ1) is 9.54. The zero-order chi connectivity index (χ0) is 14.5. The van der Waals surface area contributed by atoms with Crippen LogP contribution in [0.25, 0.3) is 0 Å². The molecule has 0 aliphatic rings. The van der Waals surface area contributed by atoms with Crippen molar-refractivity contribution in [2.24, 2.45) is 5.73 Å². The van der Waals surface area contributed by atoms with Crippen molar-refractivity contribution in [2.45, 2.75) is 19.1 Å². The van der Waals surface area contributed by atoms with Gasteiger partial charge in [0.05, 0.1) is 0 Å². The molecule has 0 aromatic heterocycles. The summed E-state index contributed by atoms with van der Waals surface area (Å²) in [4.78, 5) is 0. The molecule has 1 unspecified atom stereocenters. The summed E-state index contributed by atoms with van der Waals surface area (Å²) in [6.45, 7) is -2.82. The second-order valence-electron chi connectivity index (χ2n) is 4.38. The van der Waals surface area contributed by atoms with Gasteiger partial charge < -0.3 is 10.5 Å². The second-order valence-corrected chi connectivity index (χ2v) is 4.82. The highest BCUT2D eigenvalue weighted by Crippen LogP contribution is 2.21. The molecule has 2 N–H and O–H groups in total. The highest BCUT2D eigenvalue weighted by molar-refractivity contribution is 6.30. The van der Waals surface area contributed by atoms with E-state index in [0.29, 0.717) is 11.4 Å². The van der Waals surface area contributed by atoms with E-state index in [4.69, 9.17) is 17.3 Å². The van der Waals surface area contributed by atoms with Crippen LogP contribution in [0.5, 0.6) is 5.75 Å². The maximum absolute atomic E-state index is 12.0. The van der Waals surface area contributed by atoms with Crippen LogP contribution >= 0.6 is 11.6 Å². The molecule has 2 nitrogen and oxygen atoms in total. The van der Waals surface area contributed by atoms with Crippen molar-refractivity contribution in [3.05, 3.63) is 64.7 Å². The van der Waals surface area contributed by atoms with E-state index >= 15 is 0 Å². The summed E-state index contributed by atoms with van der Waals surface area (Å²) in [6.07, 6.45) is 0.645. The van der Waals surface area contributed by atoms with Crippen LogP contribution in [-0.4, -0.2) is 6.61 Å². The Hall–Kier alpha value is -1.65. The Morgan fingerprint density at radius 1 is 1.00 bits per heavy atom. The van der Waals surface area contributed by atoms with Gasteiger partial charge in [0.25, 0.3) is 0 Å². The van der Waals surface area contributed by atoms with Crippen molar-refractivity contribution < 1.29 is 13.5 Å². The summed E-state index contributed by atoms with van der Waals surface area (Å²) >= 11 is 5.82. The molecular weight excluding hydrogens is 284 g/mol. The van der Waals surface area contributed by atoms with E-state index in [1.165, 1.54) is 12.1 Å². The van der Waals surface area contributed by atoms with Gasteiger partial charge in [0, 0.05) is 11.1 Å². The molecule has 0 heterocycles. The first kappa shape index (κ1) is 14.8. The average Bonchev–Trinajstić information content (AvgIpc) is 2.41. The Bertz CT molecular complexity index is 543. The van der Waals surface area contributed by atoms with Crippen LogP contribution in [0.3, 0.4) is 0 Å². The Kier molecular flexibility index (Phi) is 4.93. The molecule has 0 saturated carbocycles. The molecule has 0 aliphatic heterocycles. The van der Waals surface area contributed by atoms with Crippen LogP contribution in [0.4, 0.5) is 8.78 Å². The second kappa shape index (κ2) is 6.68. The zero-order valence-corrected chi connectivity index (χ0v) is 11.4. The van der Waals surface area contributed by atoms with Gasteiger partial charge in [0.2, 0.25) is 0 Å². The summed E-state index contributed by atoms with van der Waals surface area (Å²) in [6, 6.07) is 13.6. The van der Waals surface area contributed by atoms with Gasteiger partial charge in [-0.3, -0.25) is 0 Å². The lowest BCUT2D eigenvalue weighted by atomic mass is 10.00. The predicted octanol–water partition coefficient (Wildman–Crippen LogP) is 4.18.